The predicted octanol–water partition coefficient (Wildman–Crippen LogP) is 1.55. The summed E-state index contributed by atoms with van der Waals surface area (Å²) in [5.41, 5.74) is 3.25. The molecule has 2 aromatic heterocycles. The molecule has 132 valence electrons. The Hall–Kier alpha value is -3.10. The van der Waals surface area contributed by atoms with Gasteiger partial charge in [-0.25, -0.2) is 0 Å². The molecule has 2 aliphatic carbocycles. The number of rotatable bonds is 4. The highest BCUT2D eigenvalue weighted by molar-refractivity contribution is 5.90. The van der Waals surface area contributed by atoms with E-state index in [4.69, 9.17) is 4.52 Å². The minimum absolute atomic E-state index is 0.0531. The Kier molecular flexibility index (Phi) is 3.34. The largest absolute Gasteiger partial charge is 0.342 e. The first-order valence-corrected chi connectivity index (χ1v) is 8.69. The van der Waals surface area contributed by atoms with Crippen molar-refractivity contribution < 1.29 is 9.32 Å². The molecule has 2 heterocycles. The topological polar surface area (TPSA) is 112 Å². The van der Waals surface area contributed by atoms with Gasteiger partial charge in [-0.05, 0) is 48.1 Å². The van der Waals surface area contributed by atoms with Gasteiger partial charge in [-0.3, -0.25) is 4.79 Å². The number of benzene rings is 1. The number of fused-ring (bicyclic) bond motifs is 1. The molecule has 0 radical (unpaired) electrons. The van der Waals surface area contributed by atoms with Crippen molar-refractivity contribution in [3.63, 3.8) is 0 Å². The van der Waals surface area contributed by atoms with Crippen LogP contribution in [0.25, 0.3) is 11.4 Å². The lowest BCUT2D eigenvalue weighted by Crippen LogP contribution is -2.28. The van der Waals surface area contributed by atoms with Crippen molar-refractivity contribution in [2.24, 2.45) is 7.05 Å². The smallest absolute Gasteiger partial charge is 0.293 e. The zero-order valence-electron chi connectivity index (χ0n) is 14.2. The Labute approximate surface area is 148 Å². The molecule has 1 fully saturated rings. The summed E-state index contributed by atoms with van der Waals surface area (Å²) in [4.78, 5) is 18.0. The summed E-state index contributed by atoms with van der Waals surface area (Å²) < 4.78 is 5.35. The fraction of sp³-hybridized carbons (Fsp3) is 0.412. The van der Waals surface area contributed by atoms with Gasteiger partial charge in [-0.1, -0.05) is 17.3 Å². The third-order valence-corrected chi connectivity index (χ3v) is 4.86. The molecule has 0 bridgehead atoms. The van der Waals surface area contributed by atoms with Crippen molar-refractivity contribution in [1.82, 2.24) is 35.7 Å². The molecule has 1 amide bonds. The number of amides is 1. The van der Waals surface area contributed by atoms with Gasteiger partial charge in [0.25, 0.3) is 11.7 Å². The first-order chi connectivity index (χ1) is 12.7. The van der Waals surface area contributed by atoms with Crippen LogP contribution in [-0.4, -0.2) is 36.3 Å². The quantitative estimate of drug-likeness (QED) is 0.759. The van der Waals surface area contributed by atoms with Crippen LogP contribution < -0.4 is 5.32 Å². The van der Waals surface area contributed by atoms with Crippen molar-refractivity contribution in [2.75, 3.05) is 0 Å². The average Bonchev–Trinajstić information content (AvgIpc) is 3.06. The van der Waals surface area contributed by atoms with Gasteiger partial charge in [0.15, 0.2) is 0 Å². The summed E-state index contributed by atoms with van der Waals surface area (Å²) >= 11 is 0. The molecule has 26 heavy (non-hydrogen) atoms. The van der Waals surface area contributed by atoms with Crippen molar-refractivity contribution in [3.05, 3.63) is 41.0 Å². The Morgan fingerprint density at radius 1 is 1.31 bits per heavy atom. The van der Waals surface area contributed by atoms with Gasteiger partial charge in [0, 0.05) is 11.5 Å². The van der Waals surface area contributed by atoms with Crippen LogP contribution in [0.15, 0.2) is 22.7 Å². The van der Waals surface area contributed by atoms with E-state index < -0.39 is 0 Å². The predicted molar refractivity (Wildman–Crippen MR) is 89.0 cm³/mol. The van der Waals surface area contributed by atoms with E-state index in [1.165, 1.54) is 10.4 Å². The molecular formula is C17H17N7O2. The van der Waals surface area contributed by atoms with Gasteiger partial charge in [-0.15, -0.1) is 10.2 Å². The summed E-state index contributed by atoms with van der Waals surface area (Å²) in [5.74, 6) is 1.58. The normalized spacial score (nSPS) is 18.7. The molecule has 5 rings (SSSR count). The van der Waals surface area contributed by atoms with Crippen LogP contribution in [0.5, 0.6) is 0 Å². The molecule has 9 nitrogen and oxygen atoms in total. The lowest BCUT2D eigenvalue weighted by molar-refractivity contribution is 0.0926. The maximum atomic E-state index is 12.3. The lowest BCUT2D eigenvalue weighted by Gasteiger charge is -2.12. The molecule has 0 saturated heterocycles. The van der Waals surface area contributed by atoms with Gasteiger partial charge in [0.1, 0.15) is 0 Å². The van der Waals surface area contributed by atoms with E-state index in [1.807, 2.05) is 12.1 Å². The molecule has 1 N–H and O–H groups in total. The molecule has 0 spiro atoms. The molecular weight excluding hydrogens is 334 g/mol. The van der Waals surface area contributed by atoms with Crippen molar-refractivity contribution in [1.29, 1.82) is 0 Å². The number of aryl methyl sites for hydroxylation is 2. The number of hydrogen-bond acceptors (Lipinski definition) is 7. The fourth-order valence-electron chi connectivity index (χ4n) is 3.35. The SMILES string of the molecule is Cn1nnc(C(=O)NC2CCc3cc(-c4noc(C5CC5)n4)ccc32)n1. The van der Waals surface area contributed by atoms with Gasteiger partial charge in [-0.2, -0.15) is 9.78 Å². The summed E-state index contributed by atoms with van der Waals surface area (Å²) in [5, 5.41) is 18.5. The van der Waals surface area contributed by atoms with Crippen LogP contribution in [0.2, 0.25) is 0 Å². The van der Waals surface area contributed by atoms with Gasteiger partial charge < -0.3 is 9.84 Å². The monoisotopic (exact) mass is 351 g/mol. The van der Waals surface area contributed by atoms with Crippen molar-refractivity contribution >= 4 is 5.91 Å². The average molecular weight is 351 g/mol. The third-order valence-electron chi connectivity index (χ3n) is 4.86. The molecule has 2 aliphatic rings. The number of carbonyl (C=O) groups is 1. The van der Waals surface area contributed by atoms with E-state index in [0.29, 0.717) is 11.7 Å². The Morgan fingerprint density at radius 3 is 2.96 bits per heavy atom. The van der Waals surface area contributed by atoms with E-state index >= 15 is 0 Å². The van der Waals surface area contributed by atoms with E-state index in [-0.39, 0.29) is 17.8 Å². The zero-order valence-corrected chi connectivity index (χ0v) is 14.2. The number of nitrogens with zero attached hydrogens (tertiary/aromatic N) is 6. The second-order valence-electron chi connectivity index (χ2n) is 6.81. The number of tetrazole rings is 1. The second-order valence-corrected chi connectivity index (χ2v) is 6.81. The lowest BCUT2D eigenvalue weighted by atomic mass is 10.0. The van der Waals surface area contributed by atoms with Crippen LogP contribution >= 0.6 is 0 Å². The maximum absolute atomic E-state index is 12.3. The first-order valence-electron chi connectivity index (χ1n) is 8.69. The minimum atomic E-state index is -0.313. The molecule has 1 atom stereocenters. The van der Waals surface area contributed by atoms with Crippen LogP contribution in [0, 0.1) is 0 Å². The second kappa shape index (κ2) is 5.72. The Balaban J connectivity index is 1.35. The Morgan fingerprint density at radius 2 is 2.19 bits per heavy atom. The molecule has 9 heteroatoms. The molecule has 1 unspecified atom stereocenters. The van der Waals surface area contributed by atoms with E-state index in [2.05, 4.69) is 36.9 Å². The van der Waals surface area contributed by atoms with Crippen LogP contribution in [0.3, 0.4) is 0 Å². The first kappa shape index (κ1) is 15.2. The number of nitrogens with one attached hydrogen (secondary N) is 1. The van der Waals surface area contributed by atoms with Crippen LogP contribution in [0.4, 0.5) is 0 Å². The van der Waals surface area contributed by atoms with E-state index in [0.717, 1.165) is 42.7 Å². The summed E-state index contributed by atoms with van der Waals surface area (Å²) in [6.07, 6.45) is 3.99. The standard InChI is InChI=1S/C17H17N7O2/c1-24-21-15(20-23-24)16(25)18-13-7-5-10-8-11(4-6-12(10)13)14-19-17(26-22-14)9-2-3-9/h4,6,8-9,13H,2-3,5,7H2,1H3,(H,18,25). The summed E-state index contributed by atoms with van der Waals surface area (Å²) in [6, 6.07) is 6.04. The van der Waals surface area contributed by atoms with Crippen LogP contribution in [0.1, 0.15) is 58.9 Å². The van der Waals surface area contributed by atoms with Gasteiger partial charge >= 0.3 is 0 Å². The van der Waals surface area contributed by atoms with E-state index in [9.17, 15) is 4.79 Å². The van der Waals surface area contributed by atoms with Gasteiger partial charge in [0.2, 0.25) is 11.7 Å². The molecule has 1 saturated carbocycles. The van der Waals surface area contributed by atoms with Crippen molar-refractivity contribution in [2.45, 2.75) is 37.6 Å². The number of carbonyl (C=O) groups excluding carboxylic acids is 1. The van der Waals surface area contributed by atoms with E-state index in [1.54, 1.807) is 7.05 Å². The highest BCUT2D eigenvalue weighted by Crippen LogP contribution is 2.40. The Bertz CT molecular complexity index is 989. The molecule has 0 aliphatic heterocycles. The highest BCUT2D eigenvalue weighted by atomic mass is 16.5. The van der Waals surface area contributed by atoms with Crippen LogP contribution in [-0.2, 0) is 13.5 Å². The molecule has 1 aromatic carbocycles. The third kappa shape index (κ3) is 2.65. The highest BCUT2D eigenvalue weighted by Gasteiger charge is 2.30. The summed E-state index contributed by atoms with van der Waals surface area (Å²) in [7, 11) is 1.63. The fourth-order valence-corrected chi connectivity index (χ4v) is 3.35. The maximum Gasteiger partial charge on any atom is 0.293 e. The van der Waals surface area contributed by atoms with Gasteiger partial charge in [0.05, 0.1) is 13.1 Å². The van der Waals surface area contributed by atoms with Crippen molar-refractivity contribution in [3.8, 4) is 11.4 Å². The number of aromatic nitrogens is 6. The zero-order chi connectivity index (χ0) is 17.7. The summed E-state index contributed by atoms with van der Waals surface area (Å²) in [6.45, 7) is 0. The molecule has 3 aromatic rings. The number of hydrogen-bond donors (Lipinski definition) is 1. The minimum Gasteiger partial charge on any atom is -0.342 e.